The molecule has 3 atom stereocenters. The molecular weight excluding hydrogens is 234 g/mol. The number of rotatable bonds is 2. The minimum Gasteiger partial charge on any atom is -0.307 e. The molecule has 1 aliphatic heterocycles. The van der Waals surface area contributed by atoms with Crippen LogP contribution < -0.4 is 5.32 Å². The summed E-state index contributed by atoms with van der Waals surface area (Å²) >= 11 is 0. The molecule has 2 heterocycles. The van der Waals surface area contributed by atoms with Gasteiger partial charge in [0.1, 0.15) is 5.82 Å². The maximum Gasteiger partial charge on any atom is 0.132 e. The zero-order valence-electron chi connectivity index (χ0n) is 11.4. The van der Waals surface area contributed by atoms with Gasteiger partial charge in [0.15, 0.2) is 0 Å². The Morgan fingerprint density at radius 2 is 1.89 bits per heavy atom. The van der Waals surface area contributed by atoms with Crippen LogP contribution in [0.25, 0.3) is 0 Å². The molecule has 2 bridgehead atoms. The second kappa shape index (κ2) is 3.78. The van der Waals surface area contributed by atoms with Crippen LogP contribution in [0.5, 0.6) is 0 Å². The summed E-state index contributed by atoms with van der Waals surface area (Å²) in [5.41, 5.74) is 4.16. The second-order valence-electron chi connectivity index (χ2n) is 7.05. The number of nitrogens with one attached hydrogen (secondary N) is 1. The molecule has 1 N–H and O–H groups in total. The van der Waals surface area contributed by atoms with Crippen molar-refractivity contribution in [1.29, 1.82) is 0 Å². The monoisotopic (exact) mass is 255 g/mol. The lowest BCUT2D eigenvalue weighted by Crippen LogP contribution is -2.15. The minimum absolute atomic E-state index is 0.683. The van der Waals surface area contributed by atoms with Crippen molar-refractivity contribution in [2.24, 2.45) is 11.8 Å². The van der Waals surface area contributed by atoms with E-state index in [9.17, 15) is 0 Å². The first-order valence-corrected chi connectivity index (χ1v) is 7.99. The maximum absolute atomic E-state index is 5.06. The molecule has 19 heavy (non-hydrogen) atoms. The van der Waals surface area contributed by atoms with Crippen molar-refractivity contribution in [1.82, 2.24) is 15.3 Å². The third kappa shape index (κ3) is 1.60. The van der Waals surface area contributed by atoms with Gasteiger partial charge in [-0.1, -0.05) is 6.42 Å². The van der Waals surface area contributed by atoms with Crippen LogP contribution in [0.1, 0.15) is 73.1 Å². The molecule has 3 fully saturated rings. The Hall–Kier alpha value is -0.960. The average Bonchev–Trinajstić information content (AvgIpc) is 2.88. The third-order valence-corrected chi connectivity index (χ3v) is 5.77. The zero-order valence-corrected chi connectivity index (χ0v) is 11.4. The molecule has 1 aromatic rings. The Bertz CT molecular complexity index is 535. The number of hydrogen-bond donors (Lipinski definition) is 1. The van der Waals surface area contributed by atoms with Crippen LogP contribution in [-0.4, -0.2) is 9.97 Å². The van der Waals surface area contributed by atoms with Gasteiger partial charge >= 0.3 is 0 Å². The van der Waals surface area contributed by atoms with E-state index in [1.807, 2.05) is 0 Å². The molecule has 3 aliphatic carbocycles. The van der Waals surface area contributed by atoms with Crippen LogP contribution in [0.3, 0.4) is 0 Å². The normalized spacial score (nSPS) is 35.9. The van der Waals surface area contributed by atoms with Crippen LogP contribution in [0.4, 0.5) is 0 Å². The molecule has 3 heteroatoms. The van der Waals surface area contributed by atoms with Gasteiger partial charge in [0, 0.05) is 30.5 Å². The number of nitrogens with zero attached hydrogens (tertiary/aromatic N) is 2. The van der Waals surface area contributed by atoms with Crippen molar-refractivity contribution in [2.45, 2.75) is 63.5 Å². The lowest BCUT2D eigenvalue weighted by atomic mass is 9.88. The van der Waals surface area contributed by atoms with Gasteiger partial charge in [-0.3, -0.25) is 0 Å². The van der Waals surface area contributed by atoms with E-state index in [-0.39, 0.29) is 0 Å². The Kier molecular flexibility index (Phi) is 2.15. The second-order valence-corrected chi connectivity index (χ2v) is 7.05. The van der Waals surface area contributed by atoms with Gasteiger partial charge in [-0.05, 0) is 43.9 Å². The topological polar surface area (TPSA) is 37.8 Å². The summed E-state index contributed by atoms with van der Waals surface area (Å²) in [7, 11) is 0. The highest BCUT2D eigenvalue weighted by molar-refractivity contribution is 5.34. The fraction of sp³-hybridized carbons (Fsp3) is 0.750. The standard InChI is InChI=1S/C16H21N3/c1-2-11-5-9(1)6-12(11)16-18-14-8-17-7-13(14)15(19-16)10-3-4-10/h9-12,17H,1-8H2. The molecule has 0 radical (unpaired) electrons. The van der Waals surface area contributed by atoms with Crippen molar-refractivity contribution in [3.63, 3.8) is 0 Å². The molecule has 3 nitrogen and oxygen atoms in total. The first kappa shape index (κ1) is 10.8. The lowest BCUT2D eigenvalue weighted by Gasteiger charge is -2.21. The van der Waals surface area contributed by atoms with Crippen molar-refractivity contribution in [3.8, 4) is 0 Å². The molecule has 100 valence electrons. The third-order valence-electron chi connectivity index (χ3n) is 5.77. The van der Waals surface area contributed by atoms with E-state index < -0.39 is 0 Å². The van der Waals surface area contributed by atoms with Gasteiger partial charge in [0.05, 0.1) is 11.4 Å². The van der Waals surface area contributed by atoms with Crippen molar-refractivity contribution >= 4 is 0 Å². The minimum atomic E-state index is 0.683. The predicted molar refractivity (Wildman–Crippen MR) is 72.7 cm³/mol. The Balaban J connectivity index is 1.58. The van der Waals surface area contributed by atoms with Gasteiger partial charge in [-0.25, -0.2) is 9.97 Å². The summed E-state index contributed by atoms with van der Waals surface area (Å²) < 4.78 is 0. The van der Waals surface area contributed by atoms with E-state index in [1.54, 1.807) is 0 Å². The molecule has 0 saturated heterocycles. The van der Waals surface area contributed by atoms with Gasteiger partial charge < -0.3 is 5.32 Å². The molecule has 0 spiro atoms. The van der Waals surface area contributed by atoms with Gasteiger partial charge in [-0.2, -0.15) is 0 Å². The van der Waals surface area contributed by atoms with E-state index in [1.165, 1.54) is 61.3 Å². The predicted octanol–water partition coefficient (Wildman–Crippen LogP) is 2.86. The molecule has 0 amide bonds. The van der Waals surface area contributed by atoms with Crippen molar-refractivity contribution in [3.05, 3.63) is 22.8 Å². The summed E-state index contributed by atoms with van der Waals surface area (Å²) in [4.78, 5) is 10.0. The molecule has 5 rings (SSSR count). The molecule has 3 unspecified atom stereocenters. The van der Waals surface area contributed by atoms with Crippen molar-refractivity contribution in [2.75, 3.05) is 0 Å². The SMILES string of the molecule is C1NCc2c1nc(C1CC3CCC1C3)nc2C1CC1. The maximum atomic E-state index is 5.06. The highest BCUT2D eigenvalue weighted by Gasteiger charge is 2.42. The summed E-state index contributed by atoms with van der Waals surface area (Å²) in [6, 6.07) is 0. The Morgan fingerprint density at radius 3 is 2.63 bits per heavy atom. The van der Waals surface area contributed by atoms with Crippen LogP contribution >= 0.6 is 0 Å². The van der Waals surface area contributed by atoms with Crippen LogP contribution in [0.15, 0.2) is 0 Å². The fourth-order valence-corrected chi connectivity index (χ4v) is 4.64. The molecule has 1 aromatic heterocycles. The number of hydrogen-bond acceptors (Lipinski definition) is 3. The van der Waals surface area contributed by atoms with Gasteiger partial charge in [0.25, 0.3) is 0 Å². The van der Waals surface area contributed by atoms with E-state index >= 15 is 0 Å². The molecule has 4 aliphatic rings. The number of fused-ring (bicyclic) bond motifs is 3. The first-order valence-electron chi connectivity index (χ1n) is 7.99. The van der Waals surface area contributed by atoms with E-state index in [2.05, 4.69) is 5.32 Å². The smallest absolute Gasteiger partial charge is 0.132 e. The largest absolute Gasteiger partial charge is 0.307 e. The van der Waals surface area contributed by atoms with Crippen LogP contribution in [-0.2, 0) is 13.1 Å². The summed E-state index contributed by atoms with van der Waals surface area (Å²) in [5.74, 6) is 4.52. The summed E-state index contributed by atoms with van der Waals surface area (Å²) in [5, 5.41) is 3.46. The molecule has 0 aromatic carbocycles. The van der Waals surface area contributed by atoms with E-state index in [0.29, 0.717) is 5.92 Å². The Labute approximate surface area is 114 Å². The van der Waals surface area contributed by atoms with Crippen molar-refractivity contribution < 1.29 is 0 Å². The average molecular weight is 255 g/mol. The Morgan fingerprint density at radius 1 is 0.947 bits per heavy atom. The van der Waals surface area contributed by atoms with E-state index in [4.69, 9.17) is 9.97 Å². The first-order chi connectivity index (χ1) is 9.38. The van der Waals surface area contributed by atoms with Crippen LogP contribution in [0, 0.1) is 11.8 Å². The van der Waals surface area contributed by atoms with Gasteiger partial charge in [0.2, 0.25) is 0 Å². The summed E-state index contributed by atoms with van der Waals surface area (Å²) in [6.45, 7) is 1.96. The lowest BCUT2D eigenvalue weighted by molar-refractivity contribution is 0.403. The zero-order chi connectivity index (χ0) is 12.4. The van der Waals surface area contributed by atoms with Crippen LogP contribution in [0.2, 0.25) is 0 Å². The quantitative estimate of drug-likeness (QED) is 0.883. The molecular formula is C16H21N3. The fourth-order valence-electron chi connectivity index (χ4n) is 4.64. The van der Waals surface area contributed by atoms with Gasteiger partial charge in [-0.15, -0.1) is 0 Å². The summed E-state index contributed by atoms with van der Waals surface area (Å²) in [6.07, 6.45) is 8.39. The highest BCUT2D eigenvalue weighted by atomic mass is 15.0. The highest BCUT2D eigenvalue weighted by Crippen LogP contribution is 2.52. The van der Waals surface area contributed by atoms with E-state index in [0.717, 1.165) is 30.8 Å². The molecule has 3 saturated carbocycles. The number of aromatic nitrogens is 2.